The molecule has 2 rings (SSSR count). The Hall–Kier alpha value is -1.93. The SMILES string of the molecule is Cc1nc(N)nc2c1ncn2OC(CO)CO. The average molecular weight is 239 g/mol. The molecule has 0 bridgehead atoms. The molecule has 0 aliphatic heterocycles. The summed E-state index contributed by atoms with van der Waals surface area (Å²) in [6.45, 7) is 1.14. The highest BCUT2D eigenvalue weighted by Gasteiger charge is 2.13. The third-order valence-corrected chi connectivity index (χ3v) is 2.23. The van der Waals surface area contributed by atoms with Crippen molar-refractivity contribution < 1.29 is 15.1 Å². The van der Waals surface area contributed by atoms with E-state index in [4.69, 9.17) is 20.8 Å². The van der Waals surface area contributed by atoms with Crippen molar-refractivity contribution in [3.63, 3.8) is 0 Å². The van der Waals surface area contributed by atoms with Crippen LogP contribution in [0.3, 0.4) is 0 Å². The molecule has 17 heavy (non-hydrogen) atoms. The van der Waals surface area contributed by atoms with E-state index in [1.807, 2.05) is 0 Å². The molecule has 0 aromatic carbocycles. The summed E-state index contributed by atoms with van der Waals surface area (Å²) in [5, 5.41) is 17.9. The van der Waals surface area contributed by atoms with Crippen LogP contribution in [0.2, 0.25) is 0 Å². The number of aliphatic hydroxyl groups excluding tert-OH is 2. The maximum atomic E-state index is 8.93. The summed E-state index contributed by atoms with van der Waals surface area (Å²) in [7, 11) is 0. The number of fused-ring (bicyclic) bond motifs is 1. The van der Waals surface area contributed by atoms with Crippen molar-refractivity contribution in [2.75, 3.05) is 18.9 Å². The van der Waals surface area contributed by atoms with Gasteiger partial charge in [0.1, 0.15) is 11.8 Å². The van der Waals surface area contributed by atoms with Crippen LogP contribution >= 0.6 is 0 Å². The lowest BCUT2D eigenvalue weighted by Crippen LogP contribution is -2.31. The first-order chi connectivity index (χ1) is 8.15. The summed E-state index contributed by atoms with van der Waals surface area (Å²) < 4.78 is 1.26. The Bertz CT molecular complexity index is 523. The smallest absolute Gasteiger partial charge is 0.222 e. The number of nitrogens with two attached hydrogens (primary N) is 1. The van der Waals surface area contributed by atoms with Gasteiger partial charge in [0.15, 0.2) is 6.10 Å². The van der Waals surface area contributed by atoms with Crippen molar-refractivity contribution in [2.24, 2.45) is 0 Å². The molecule has 92 valence electrons. The number of rotatable bonds is 4. The summed E-state index contributed by atoms with van der Waals surface area (Å²) in [5.41, 5.74) is 7.14. The number of aromatic nitrogens is 4. The second-order valence-corrected chi connectivity index (χ2v) is 3.50. The average Bonchev–Trinajstić information content (AvgIpc) is 2.69. The van der Waals surface area contributed by atoms with Crippen molar-refractivity contribution >= 4 is 17.1 Å². The zero-order chi connectivity index (χ0) is 12.4. The van der Waals surface area contributed by atoms with Crippen molar-refractivity contribution in [1.29, 1.82) is 0 Å². The molecule has 8 heteroatoms. The van der Waals surface area contributed by atoms with Crippen molar-refractivity contribution in [3.8, 4) is 0 Å². The Balaban J connectivity index is 2.42. The third kappa shape index (κ3) is 2.12. The Labute approximate surface area is 96.6 Å². The van der Waals surface area contributed by atoms with Crippen LogP contribution in [0, 0.1) is 6.92 Å². The molecular formula is C9H13N5O3. The topological polar surface area (TPSA) is 119 Å². The maximum absolute atomic E-state index is 8.93. The standard InChI is InChI=1S/C9H13N5O3/c1-5-7-8(13-9(10)12-5)14(4-11-7)17-6(2-15)3-16/h4,6,15-16H,2-3H2,1H3,(H2,10,12,13). The number of aryl methyl sites for hydroxylation is 1. The molecule has 2 aromatic rings. The van der Waals surface area contributed by atoms with Gasteiger partial charge in [0, 0.05) is 0 Å². The van der Waals surface area contributed by atoms with Crippen LogP contribution in [-0.2, 0) is 0 Å². The molecule has 0 saturated carbocycles. The van der Waals surface area contributed by atoms with Gasteiger partial charge >= 0.3 is 0 Å². The minimum atomic E-state index is -0.733. The molecule has 0 radical (unpaired) electrons. The number of hydrogen-bond acceptors (Lipinski definition) is 7. The van der Waals surface area contributed by atoms with E-state index in [-0.39, 0.29) is 19.2 Å². The highest BCUT2D eigenvalue weighted by molar-refractivity contribution is 5.73. The number of nitrogen functional groups attached to an aromatic ring is 1. The molecule has 0 spiro atoms. The van der Waals surface area contributed by atoms with Crippen LogP contribution < -0.4 is 10.6 Å². The van der Waals surface area contributed by atoms with E-state index in [0.717, 1.165) is 0 Å². The molecule has 8 nitrogen and oxygen atoms in total. The molecule has 0 saturated heterocycles. The van der Waals surface area contributed by atoms with Crippen molar-refractivity contribution in [1.82, 2.24) is 19.7 Å². The lowest BCUT2D eigenvalue weighted by Gasteiger charge is -2.13. The third-order valence-electron chi connectivity index (χ3n) is 2.23. The summed E-state index contributed by atoms with van der Waals surface area (Å²) in [5.74, 6) is 0.116. The Morgan fingerprint density at radius 2 is 2.12 bits per heavy atom. The van der Waals surface area contributed by atoms with E-state index in [1.165, 1.54) is 11.1 Å². The van der Waals surface area contributed by atoms with E-state index in [2.05, 4.69) is 15.0 Å². The molecular weight excluding hydrogens is 226 g/mol. The number of imidazole rings is 1. The monoisotopic (exact) mass is 239 g/mol. The van der Waals surface area contributed by atoms with E-state index in [1.54, 1.807) is 6.92 Å². The summed E-state index contributed by atoms with van der Waals surface area (Å²) in [6, 6.07) is 0. The van der Waals surface area contributed by atoms with Gasteiger partial charge in [-0.2, -0.15) is 9.71 Å². The first-order valence-corrected chi connectivity index (χ1v) is 5.01. The minimum absolute atomic E-state index is 0.116. The summed E-state index contributed by atoms with van der Waals surface area (Å²) in [6.07, 6.45) is 0.660. The van der Waals surface area contributed by atoms with Crippen LogP contribution in [0.4, 0.5) is 5.95 Å². The van der Waals surface area contributed by atoms with E-state index >= 15 is 0 Å². The maximum Gasteiger partial charge on any atom is 0.222 e. The Morgan fingerprint density at radius 1 is 1.41 bits per heavy atom. The predicted octanol–water partition coefficient (Wildman–Crippen LogP) is -1.50. The number of aliphatic hydroxyl groups is 2. The molecule has 2 heterocycles. The van der Waals surface area contributed by atoms with Gasteiger partial charge in [-0.25, -0.2) is 9.97 Å². The van der Waals surface area contributed by atoms with Crippen LogP contribution in [0.5, 0.6) is 0 Å². The van der Waals surface area contributed by atoms with Gasteiger partial charge in [-0.1, -0.05) is 0 Å². The number of nitrogens with zero attached hydrogens (tertiary/aromatic N) is 4. The first-order valence-electron chi connectivity index (χ1n) is 5.01. The Morgan fingerprint density at radius 3 is 2.76 bits per heavy atom. The zero-order valence-corrected chi connectivity index (χ0v) is 9.24. The van der Waals surface area contributed by atoms with E-state index in [0.29, 0.717) is 16.9 Å². The Kier molecular flexibility index (Phi) is 3.07. The molecule has 4 N–H and O–H groups in total. The highest BCUT2D eigenvalue weighted by atomic mass is 16.7. The molecule has 0 unspecified atom stereocenters. The van der Waals surface area contributed by atoms with Crippen molar-refractivity contribution in [2.45, 2.75) is 13.0 Å². The fraction of sp³-hybridized carbons (Fsp3) is 0.444. The molecule has 0 amide bonds. The molecule has 0 aliphatic carbocycles. The van der Waals surface area contributed by atoms with Gasteiger partial charge in [0.05, 0.1) is 18.9 Å². The largest absolute Gasteiger partial charge is 0.403 e. The van der Waals surface area contributed by atoms with Crippen LogP contribution in [-0.4, -0.2) is 49.2 Å². The fourth-order valence-electron chi connectivity index (χ4n) is 1.40. The van der Waals surface area contributed by atoms with Gasteiger partial charge in [-0.15, -0.1) is 0 Å². The van der Waals surface area contributed by atoms with Gasteiger partial charge in [-0.05, 0) is 6.92 Å². The second-order valence-electron chi connectivity index (χ2n) is 3.50. The first kappa shape index (κ1) is 11.6. The minimum Gasteiger partial charge on any atom is -0.403 e. The highest BCUT2D eigenvalue weighted by Crippen LogP contribution is 2.13. The zero-order valence-electron chi connectivity index (χ0n) is 9.24. The number of anilines is 1. The lowest BCUT2D eigenvalue weighted by atomic mass is 10.4. The lowest BCUT2D eigenvalue weighted by molar-refractivity contribution is -0.0240. The van der Waals surface area contributed by atoms with Crippen LogP contribution in [0.25, 0.3) is 11.2 Å². The molecule has 2 aromatic heterocycles. The van der Waals surface area contributed by atoms with Gasteiger partial charge in [-0.3, -0.25) is 0 Å². The van der Waals surface area contributed by atoms with Gasteiger partial charge < -0.3 is 20.8 Å². The molecule has 0 atom stereocenters. The normalized spacial score (nSPS) is 11.3. The van der Waals surface area contributed by atoms with Crippen LogP contribution in [0.1, 0.15) is 5.69 Å². The summed E-state index contributed by atoms with van der Waals surface area (Å²) in [4.78, 5) is 17.3. The van der Waals surface area contributed by atoms with E-state index in [9.17, 15) is 0 Å². The number of hydrogen-bond donors (Lipinski definition) is 3. The van der Waals surface area contributed by atoms with Gasteiger partial charge in [0.2, 0.25) is 11.6 Å². The second kappa shape index (κ2) is 4.52. The fourth-order valence-corrected chi connectivity index (χ4v) is 1.40. The van der Waals surface area contributed by atoms with Gasteiger partial charge in [0.25, 0.3) is 0 Å². The molecule has 0 fully saturated rings. The quantitative estimate of drug-likeness (QED) is 0.593. The molecule has 0 aliphatic rings. The van der Waals surface area contributed by atoms with Crippen LogP contribution in [0.15, 0.2) is 6.33 Å². The summed E-state index contributed by atoms with van der Waals surface area (Å²) >= 11 is 0. The van der Waals surface area contributed by atoms with Crippen molar-refractivity contribution in [3.05, 3.63) is 12.0 Å². The van der Waals surface area contributed by atoms with E-state index < -0.39 is 6.10 Å². The predicted molar refractivity (Wildman–Crippen MR) is 59.0 cm³/mol.